The van der Waals surface area contributed by atoms with Crippen molar-refractivity contribution in [1.82, 2.24) is 4.48 Å². The summed E-state index contributed by atoms with van der Waals surface area (Å²) in [6, 6.07) is 27.1. The number of nitrogens with zero attached hydrogens (tertiary/aromatic N) is 4. The van der Waals surface area contributed by atoms with Crippen molar-refractivity contribution in [3.63, 3.8) is 0 Å². The number of nitriles is 2. The van der Waals surface area contributed by atoms with E-state index in [1.807, 2.05) is 82.3 Å². The summed E-state index contributed by atoms with van der Waals surface area (Å²) >= 11 is 0. The third-order valence-corrected chi connectivity index (χ3v) is 8.17. The minimum Gasteiger partial charge on any atom is -0.599 e. The van der Waals surface area contributed by atoms with Crippen LogP contribution < -0.4 is 9.31 Å². The lowest BCUT2D eigenvalue weighted by molar-refractivity contribution is -0.369. The quantitative estimate of drug-likeness (QED) is 0.305. The maximum absolute atomic E-state index is 10.2. The van der Waals surface area contributed by atoms with E-state index in [0.29, 0.717) is 22.6 Å². The third-order valence-electron chi connectivity index (χ3n) is 8.17. The van der Waals surface area contributed by atoms with E-state index in [1.54, 1.807) is 0 Å². The third kappa shape index (κ3) is 2.58. The monoisotopic (exact) mass is 494 g/mol. The van der Waals surface area contributed by atoms with Crippen LogP contribution in [0.2, 0.25) is 0 Å². The molecule has 0 unspecified atom stereocenters. The molecular weight excluding hydrogens is 471 g/mol. The van der Waals surface area contributed by atoms with Gasteiger partial charge in [-0.3, -0.25) is 0 Å². The van der Waals surface area contributed by atoms with E-state index < -0.39 is 6.82 Å². The summed E-state index contributed by atoms with van der Waals surface area (Å²) in [6.45, 7) is 5.42. The van der Waals surface area contributed by atoms with Crippen molar-refractivity contribution >= 4 is 28.9 Å². The fourth-order valence-corrected chi connectivity index (χ4v) is 6.53. The first-order chi connectivity index (χ1) is 18.4. The first kappa shape index (κ1) is 22.2. The van der Waals surface area contributed by atoms with Crippen molar-refractivity contribution in [1.29, 1.82) is 10.5 Å². The smallest absolute Gasteiger partial charge is 0.599 e. The van der Waals surface area contributed by atoms with E-state index in [9.17, 15) is 10.5 Å². The zero-order chi connectivity index (χ0) is 26.3. The predicted octanol–water partition coefficient (Wildman–Crippen LogP) is 5.99. The van der Waals surface area contributed by atoms with Crippen LogP contribution in [0.1, 0.15) is 41.9 Å². The van der Waals surface area contributed by atoms with Crippen LogP contribution in [0, 0.1) is 36.5 Å². The molecule has 7 heteroatoms. The number of aromatic nitrogens is 1. The van der Waals surface area contributed by atoms with Gasteiger partial charge in [-0.05, 0) is 54.8 Å². The topological polar surface area (TPSA) is 74.0 Å². The molecule has 38 heavy (non-hydrogen) atoms. The number of fused-ring (bicyclic) bond motifs is 6. The molecule has 182 valence electrons. The molecule has 1 aromatic heterocycles. The zero-order valence-corrected chi connectivity index (χ0v) is 21.5. The molecule has 0 N–H and O–H groups in total. The lowest BCUT2D eigenvalue weighted by Crippen LogP contribution is -2.65. The van der Waals surface area contributed by atoms with Gasteiger partial charge in [0.2, 0.25) is 0 Å². The van der Waals surface area contributed by atoms with Crippen LogP contribution in [0.25, 0.3) is 16.3 Å². The Labute approximate surface area is 220 Å². The average molecular weight is 494 g/mol. The second-order valence-electron chi connectivity index (χ2n) is 10.1. The molecule has 4 heterocycles. The maximum Gasteiger partial charge on any atom is 0.780 e. The molecule has 3 aliphatic heterocycles. The van der Waals surface area contributed by atoms with Crippen LogP contribution in [0.4, 0.5) is 0 Å². The molecule has 0 aliphatic carbocycles. The summed E-state index contributed by atoms with van der Waals surface area (Å²) in [5, 5.41) is 22.5. The van der Waals surface area contributed by atoms with Gasteiger partial charge < -0.3 is 18.3 Å². The Morgan fingerprint density at radius 1 is 0.816 bits per heavy atom. The Balaban J connectivity index is 1.63. The van der Waals surface area contributed by atoms with Gasteiger partial charge in [-0.15, -0.1) is 0 Å². The van der Waals surface area contributed by atoms with Crippen LogP contribution in [-0.2, 0) is 0 Å². The highest BCUT2D eigenvalue weighted by Crippen LogP contribution is 2.50. The highest BCUT2D eigenvalue weighted by Gasteiger charge is 2.64. The van der Waals surface area contributed by atoms with E-state index in [0.717, 1.165) is 55.8 Å². The minimum absolute atomic E-state index is 0.601. The average Bonchev–Trinajstić information content (AvgIpc) is 3.50. The fraction of sp³-hybridized carbons (Fsp3) is 0.129. The Morgan fingerprint density at radius 2 is 1.42 bits per heavy atom. The van der Waals surface area contributed by atoms with Gasteiger partial charge in [0, 0.05) is 23.9 Å². The van der Waals surface area contributed by atoms with Crippen LogP contribution in [-0.4, -0.2) is 21.5 Å². The molecule has 0 amide bonds. The first-order valence-electron chi connectivity index (χ1n) is 12.6. The number of allylic oxidation sites excluding steroid dienone is 2. The lowest BCUT2D eigenvalue weighted by atomic mass is 9.78. The summed E-state index contributed by atoms with van der Waals surface area (Å²) in [5.41, 5.74) is 8.16. The van der Waals surface area contributed by atoms with Crippen LogP contribution in [0.5, 0.6) is 11.5 Å². The van der Waals surface area contributed by atoms with Crippen molar-refractivity contribution in [2.45, 2.75) is 27.7 Å². The standard InChI is InChI=1S/C31H23BN4O2/c1-18-25(16-33)20(3)35-30(18)29(22-10-6-5-7-11-22)31-19(2)26(17-34)21(4)36(31)32(35)37-27-14-23-12-8-9-13-24(23)15-28(27)38-32/h5-15H,1-4H3. The SMILES string of the molecule is CC1=C(C#N)C(C)=[N+]2C1=C(c1ccccc1)c1c(C)c(C#N)c(C)n1[B-]21Oc2cc3ccccc3cc2O1. The highest BCUT2D eigenvalue weighted by atomic mass is 16.7. The van der Waals surface area contributed by atoms with Gasteiger partial charge in [0.15, 0.2) is 11.4 Å². The Bertz CT molecular complexity index is 1890. The molecule has 0 saturated carbocycles. The molecule has 7 rings (SSSR count). The van der Waals surface area contributed by atoms with E-state index in [-0.39, 0.29) is 0 Å². The predicted molar refractivity (Wildman–Crippen MR) is 147 cm³/mol. The summed E-state index contributed by atoms with van der Waals surface area (Å²) < 4.78 is 17.9. The molecule has 6 nitrogen and oxygen atoms in total. The highest BCUT2D eigenvalue weighted by molar-refractivity contribution is 6.62. The molecule has 0 atom stereocenters. The number of rotatable bonds is 1. The number of benzene rings is 3. The van der Waals surface area contributed by atoms with Gasteiger partial charge in [0.1, 0.15) is 29.2 Å². The summed E-state index contributed by atoms with van der Waals surface area (Å²) in [4.78, 5) is 0. The molecule has 3 aliphatic rings. The number of hydrogen-bond acceptors (Lipinski definition) is 4. The summed E-state index contributed by atoms with van der Waals surface area (Å²) in [6.07, 6.45) is 0. The molecule has 3 aromatic carbocycles. The number of hydrogen-bond donors (Lipinski definition) is 0. The first-order valence-corrected chi connectivity index (χ1v) is 12.6. The summed E-state index contributed by atoms with van der Waals surface area (Å²) in [5.74, 6) is 1.27. The van der Waals surface area contributed by atoms with E-state index in [2.05, 4.69) is 33.2 Å². The van der Waals surface area contributed by atoms with Gasteiger partial charge in [0.25, 0.3) is 0 Å². The normalized spacial score (nSPS) is 16.7. The molecular formula is C31H23BN4O2. The second-order valence-corrected chi connectivity index (χ2v) is 10.1. The molecule has 0 radical (unpaired) electrons. The van der Waals surface area contributed by atoms with Crippen molar-refractivity contribution in [2.24, 2.45) is 0 Å². The molecule has 1 spiro atoms. The zero-order valence-electron chi connectivity index (χ0n) is 21.5. The fourth-order valence-electron chi connectivity index (χ4n) is 6.53. The van der Waals surface area contributed by atoms with E-state index in [1.165, 1.54) is 0 Å². The Hall–Kier alpha value is -5.01. The van der Waals surface area contributed by atoms with E-state index in [4.69, 9.17) is 9.31 Å². The van der Waals surface area contributed by atoms with Gasteiger partial charge in [-0.25, -0.2) is 0 Å². The van der Waals surface area contributed by atoms with Crippen LogP contribution in [0.15, 0.2) is 83.6 Å². The van der Waals surface area contributed by atoms with Crippen LogP contribution >= 0.6 is 0 Å². The van der Waals surface area contributed by atoms with E-state index >= 15 is 0 Å². The molecule has 0 saturated heterocycles. The Morgan fingerprint density at radius 3 is 2.00 bits per heavy atom. The molecule has 0 fully saturated rings. The Kier molecular flexibility index (Phi) is 4.39. The van der Waals surface area contributed by atoms with Gasteiger partial charge in [0.05, 0.1) is 11.1 Å². The minimum atomic E-state index is -2.42. The second kappa shape index (κ2) is 7.51. The van der Waals surface area contributed by atoms with Gasteiger partial charge >= 0.3 is 6.82 Å². The molecule has 4 aromatic rings. The largest absolute Gasteiger partial charge is 0.780 e. The van der Waals surface area contributed by atoms with Crippen LogP contribution in [0.3, 0.4) is 0 Å². The van der Waals surface area contributed by atoms with Crippen molar-refractivity contribution in [2.75, 3.05) is 0 Å². The lowest BCUT2D eigenvalue weighted by Gasteiger charge is -2.39. The maximum atomic E-state index is 10.2. The van der Waals surface area contributed by atoms with Gasteiger partial charge in [-0.2, -0.15) is 10.5 Å². The van der Waals surface area contributed by atoms with Crippen molar-refractivity contribution < 1.29 is 13.8 Å². The summed E-state index contributed by atoms with van der Waals surface area (Å²) in [7, 11) is 0. The van der Waals surface area contributed by atoms with Crippen molar-refractivity contribution in [3.8, 4) is 23.6 Å². The van der Waals surface area contributed by atoms with Crippen molar-refractivity contribution in [3.05, 3.63) is 112 Å². The molecule has 0 bridgehead atoms. The van der Waals surface area contributed by atoms with Gasteiger partial charge in [-0.1, -0.05) is 54.6 Å².